The summed E-state index contributed by atoms with van der Waals surface area (Å²) in [5.41, 5.74) is 4.66. The van der Waals surface area contributed by atoms with Crippen molar-refractivity contribution in [2.24, 2.45) is 5.92 Å². The molecule has 0 unspecified atom stereocenters. The molecule has 2 amide bonds. The van der Waals surface area contributed by atoms with Crippen LogP contribution < -0.4 is 5.32 Å². The van der Waals surface area contributed by atoms with E-state index in [0.29, 0.717) is 13.1 Å². The standard InChI is InChI=1S/C22H29N3O2/c1-2-11-23-21(26)15-9-12-25(13-10-15)22(27)16-7-8-20-18(14-16)17-5-3-4-6-19(17)24-20/h7-8,14-15,24H,2-6,9-13H2,1H3,(H,23,26). The van der Waals surface area contributed by atoms with Gasteiger partial charge in [0.15, 0.2) is 0 Å². The van der Waals surface area contributed by atoms with E-state index in [1.165, 1.54) is 29.5 Å². The van der Waals surface area contributed by atoms with E-state index in [1.54, 1.807) is 0 Å². The molecule has 1 aromatic heterocycles. The minimum atomic E-state index is 0.0415. The Morgan fingerprint density at radius 3 is 2.74 bits per heavy atom. The van der Waals surface area contributed by atoms with Crippen molar-refractivity contribution < 1.29 is 9.59 Å². The molecule has 0 radical (unpaired) electrons. The van der Waals surface area contributed by atoms with Gasteiger partial charge < -0.3 is 15.2 Å². The number of hydrogen-bond acceptors (Lipinski definition) is 2. The Balaban J connectivity index is 1.45. The van der Waals surface area contributed by atoms with Gasteiger partial charge in [-0.05, 0) is 68.7 Å². The number of fused-ring (bicyclic) bond motifs is 3. The number of carbonyl (C=O) groups is 2. The van der Waals surface area contributed by atoms with Gasteiger partial charge in [-0.2, -0.15) is 0 Å². The fourth-order valence-corrected chi connectivity index (χ4v) is 4.46. The molecule has 2 N–H and O–H groups in total. The zero-order chi connectivity index (χ0) is 18.8. The number of rotatable bonds is 4. The molecule has 144 valence electrons. The van der Waals surface area contributed by atoms with Crippen LogP contribution in [0.4, 0.5) is 0 Å². The first-order valence-corrected chi connectivity index (χ1v) is 10.4. The van der Waals surface area contributed by atoms with Crippen molar-refractivity contribution in [3.8, 4) is 0 Å². The molecule has 2 aliphatic rings. The summed E-state index contributed by atoms with van der Waals surface area (Å²) >= 11 is 0. The van der Waals surface area contributed by atoms with E-state index in [9.17, 15) is 9.59 Å². The van der Waals surface area contributed by atoms with E-state index >= 15 is 0 Å². The van der Waals surface area contributed by atoms with E-state index in [0.717, 1.165) is 49.7 Å². The van der Waals surface area contributed by atoms with E-state index < -0.39 is 0 Å². The van der Waals surface area contributed by atoms with E-state index in [1.807, 2.05) is 17.0 Å². The highest BCUT2D eigenvalue weighted by molar-refractivity contribution is 5.99. The highest BCUT2D eigenvalue weighted by atomic mass is 16.2. The zero-order valence-corrected chi connectivity index (χ0v) is 16.1. The molecule has 1 aliphatic heterocycles. The summed E-state index contributed by atoms with van der Waals surface area (Å²) in [6, 6.07) is 6.05. The van der Waals surface area contributed by atoms with Crippen molar-refractivity contribution in [2.45, 2.75) is 51.9 Å². The summed E-state index contributed by atoms with van der Waals surface area (Å²) in [4.78, 5) is 30.6. The van der Waals surface area contributed by atoms with Crippen LogP contribution in [0.3, 0.4) is 0 Å². The lowest BCUT2D eigenvalue weighted by molar-refractivity contribution is -0.126. The lowest BCUT2D eigenvalue weighted by Gasteiger charge is -2.31. The van der Waals surface area contributed by atoms with Crippen molar-refractivity contribution >= 4 is 22.7 Å². The number of aromatic amines is 1. The van der Waals surface area contributed by atoms with Gasteiger partial charge in [0, 0.05) is 47.7 Å². The second kappa shape index (κ2) is 7.75. The van der Waals surface area contributed by atoms with Crippen LogP contribution in [0.15, 0.2) is 18.2 Å². The minimum absolute atomic E-state index is 0.0415. The second-order valence-electron chi connectivity index (χ2n) is 7.91. The van der Waals surface area contributed by atoms with Crippen molar-refractivity contribution in [3.05, 3.63) is 35.0 Å². The monoisotopic (exact) mass is 367 g/mol. The summed E-state index contributed by atoms with van der Waals surface area (Å²) in [5, 5.41) is 4.19. The van der Waals surface area contributed by atoms with Crippen LogP contribution in [0.25, 0.3) is 10.9 Å². The SMILES string of the molecule is CCCNC(=O)C1CCN(C(=O)c2ccc3[nH]c4c(c3c2)CCCC4)CC1. The summed E-state index contributed by atoms with van der Waals surface area (Å²) in [7, 11) is 0. The minimum Gasteiger partial charge on any atom is -0.358 e. The average molecular weight is 367 g/mol. The molecule has 4 rings (SSSR count). The predicted octanol–water partition coefficient (Wildman–Crippen LogP) is 3.43. The molecule has 0 spiro atoms. The van der Waals surface area contributed by atoms with Gasteiger partial charge in [0.05, 0.1) is 0 Å². The van der Waals surface area contributed by atoms with Crippen molar-refractivity contribution in [1.82, 2.24) is 15.2 Å². The van der Waals surface area contributed by atoms with Crippen LogP contribution in [-0.4, -0.2) is 41.3 Å². The van der Waals surface area contributed by atoms with Gasteiger partial charge in [-0.1, -0.05) is 6.92 Å². The van der Waals surface area contributed by atoms with Gasteiger partial charge in [0.25, 0.3) is 5.91 Å². The van der Waals surface area contributed by atoms with Gasteiger partial charge in [0.2, 0.25) is 5.91 Å². The van der Waals surface area contributed by atoms with Gasteiger partial charge in [0.1, 0.15) is 0 Å². The first kappa shape index (κ1) is 18.1. The van der Waals surface area contributed by atoms with Crippen LogP contribution in [0.2, 0.25) is 0 Å². The third kappa shape index (κ3) is 3.60. The molecule has 5 heteroatoms. The molecular weight excluding hydrogens is 338 g/mol. The predicted molar refractivity (Wildman–Crippen MR) is 107 cm³/mol. The van der Waals surface area contributed by atoms with E-state index in [4.69, 9.17) is 0 Å². The van der Waals surface area contributed by atoms with Crippen LogP contribution in [0, 0.1) is 5.92 Å². The number of nitrogens with zero attached hydrogens (tertiary/aromatic N) is 1. The molecule has 0 atom stereocenters. The normalized spacial score (nSPS) is 17.7. The molecule has 1 aromatic carbocycles. The Bertz CT molecular complexity index is 847. The molecule has 27 heavy (non-hydrogen) atoms. The molecule has 2 heterocycles. The van der Waals surface area contributed by atoms with Gasteiger partial charge in [-0.3, -0.25) is 9.59 Å². The third-order valence-corrected chi connectivity index (χ3v) is 6.05. The highest BCUT2D eigenvalue weighted by Crippen LogP contribution is 2.30. The Morgan fingerprint density at radius 1 is 1.19 bits per heavy atom. The van der Waals surface area contributed by atoms with Crippen LogP contribution >= 0.6 is 0 Å². The number of aromatic nitrogens is 1. The largest absolute Gasteiger partial charge is 0.358 e. The smallest absolute Gasteiger partial charge is 0.253 e. The highest BCUT2D eigenvalue weighted by Gasteiger charge is 2.28. The molecule has 2 aromatic rings. The zero-order valence-electron chi connectivity index (χ0n) is 16.1. The molecule has 0 saturated carbocycles. The van der Waals surface area contributed by atoms with E-state index in [2.05, 4.69) is 23.3 Å². The van der Waals surface area contributed by atoms with Crippen LogP contribution in [0.5, 0.6) is 0 Å². The number of H-pyrrole nitrogens is 1. The number of piperidine rings is 1. The Hall–Kier alpha value is -2.30. The van der Waals surface area contributed by atoms with Crippen molar-refractivity contribution in [1.29, 1.82) is 0 Å². The quantitative estimate of drug-likeness (QED) is 0.869. The van der Waals surface area contributed by atoms with E-state index in [-0.39, 0.29) is 17.7 Å². The molecule has 5 nitrogen and oxygen atoms in total. The Labute approximate surface area is 160 Å². The summed E-state index contributed by atoms with van der Waals surface area (Å²) in [6.07, 6.45) is 7.14. The Kier molecular flexibility index (Phi) is 5.19. The van der Waals surface area contributed by atoms with Crippen LogP contribution in [-0.2, 0) is 17.6 Å². The maximum absolute atomic E-state index is 13.0. The average Bonchev–Trinajstić information content (AvgIpc) is 3.09. The Morgan fingerprint density at radius 2 is 1.96 bits per heavy atom. The molecule has 1 fully saturated rings. The van der Waals surface area contributed by atoms with Crippen molar-refractivity contribution in [2.75, 3.05) is 19.6 Å². The second-order valence-corrected chi connectivity index (χ2v) is 7.91. The number of aryl methyl sites for hydroxylation is 2. The fourth-order valence-electron chi connectivity index (χ4n) is 4.46. The number of amides is 2. The maximum Gasteiger partial charge on any atom is 0.253 e. The number of likely N-dealkylation sites (tertiary alicyclic amines) is 1. The number of carbonyl (C=O) groups excluding carboxylic acids is 2. The molecule has 1 saturated heterocycles. The third-order valence-electron chi connectivity index (χ3n) is 6.05. The summed E-state index contributed by atoms with van der Waals surface area (Å²) < 4.78 is 0. The summed E-state index contributed by atoms with van der Waals surface area (Å²) in [5.74, 6) is 0.277. The number of nitrogens with one attached hydrogen (secondary N) is 2. The summed E-state index contributed by atoms with van der Waals surface area (Å²) in [6.45, 7) is 4.11. The first-order chi connectivity index (χ1) is 13.2. The van der Waals surface area contributed by atoms with Gasteiger partial charge >= 0.3 is 0 Å². The maximum atomic E-state index is 13.0. The topological polar surface area (TPSA) is 65.2 Å². The molecular formula is C22H29N3O2. The lowest BCUT2D eigenvalue weighted by Crippen LogP contribution is -2.43. The fraction of sp³-hybridized carbons (Fsp3) is 0.545. The number of benzene rings is 1. The van der Waals surface area contributed by atoms with Crippen LogP contribution in [0.1, 0.15) is 60.6 Å². The lowest BCUT2D eigenvalue weighted by atomic mass is 9.94. The number of hydrogen-bond donors (Lipinski definition) is 2. The molecule has 1 aliphatic carbocycles. The van der Waals surface area contributed by atoms with Gasteiger partial charge in [-0.15, -0.1) is 0 Å². The van der Waals surface area contributed by atoms with Crippen molar-refractivity contribution in [3.63, 3.8) is 0 Å². The first-order valence-electron chi connectivity index (χ1n) is 10.4. The molecule has 0 bridgehead atoms. The van der Waals surface area contributed by atoms with Gasteiger partial charge in [-0.25, -0.2) is 0 Å².